The molecule has 0 amide bonds. The lowest BCUT2D eigenvalue weighted by Gasteiger charge is -2.03. The van der Waals surface area contributed by atoms with Gasteiger partial charge in [-0.15, -0.1) is 0 Å². The fraction of sp³-hybridized carbons (Fsp3) is 0.167. The molecule has 0 aliphatic carbocycles. The highest BCUT2D eigenvalue weighted by molar-refractivity contribution is 7.98. The zero-order valence-electron chi connectivity index (χ0n) is 10.2. The number of non-ortho nitro benzene ring substituents is 1. The molecule has 19 heavy (non-hydrogen) atoms. The zero-order chi connectivity index (χ0) is 13.8. The summed E-state index contributed by atoms with van der Waals surface area (Å²) in [4.78, 5) is 18.5. The van der Waals surface area contributed by atoms with Gasteiger partial charge in [-0.1, -0.05) is 23.9 Å². The van der Waals surface area contributed by atoms with E-state index >= 15 is 0 Å². The topological polar surface area (TPSA) is 94.9 Å². The normalized spacial score (nSPS) is 10.4. The van der Waals surface area contributed by atoms with E-state index in [1.54, 1.807) is 18.2 Å². The largest absolute Gasteiger partial charge is 0.384 e. The van der Waals surface area contributed by atoms with Gasteiger partial charge in [-0.2, -0.15) is 0 Å². The number of nitro benzene ring substituents is 1. The van der Waals surface area contributed by atoms with Crippen molar-refractivity contribution in [3.05, 3.63) is 51.7 Å². The van der Waals surface area contributed by atoms with E-state index in [2.05, 4.69) is 9.97 Å². The van der Waals surface area contributed by atoms with Gasteiger partial charge in [-0.05, 0) is 12.5 Å². The molecule has 0 saturated heterocycles. The molecule has 1 aromatic heterocycles. The minimum atomic E-state index is -0.415. The van der Waals surface area contributed by atoms with Crippen LogP contribution in [-0.4, -0.2) is 14.9 Å². The minimum absolute atomic E-state index is 0.0878. The van der Waals surface area contributed by atoms with E-state index in [0.717, 1.165) is 11.3 Å². The third-order valence-electron chi connectivity index (χ3n) is 2.37. The number of thioether (sulfide) groups is 1. The van der Waals surface area contributed by atoms with E-state index in [-0.39, 0.29) is 5.69 Å². The molecule has 0 radical (unpaired) electrons. The van der Waals surface area contributed by atoms with Crippen LogP contribution in [0, 0.1) is 17.0 Å². The summed E-state index contributed by atoms with van der Waals surface area (Å²) in [5.74, 6) is 1.08. The summed E-state index contributed by atoms with van der Waals surface area (Å²) >= 11 is 1.44. The van der Waals surface area contributed by atoms with Gasteiger partial charge in [0.25, 0.3) is 5.69 Å². The lowest BCUT2D eigenvalue weighted by atomic mass is 10.2. The number of hydrogen-bond acceptors (Lipinski definition) is 6. The van der Waals surface area contributed by atoms with Crippen LogP contribution in [0.4, 0.5) is 11.5 Å². The lowest BCUT2D eigenvalue weighted by molar-refractivity contribution is -0.384. The average molecular weight is 276 g/mol. The molecule has 0 saturated carbocycles. The summed E-state index contributed by atoms with van der Waals surface area (Å²) in [5, 5.41) is 11.1. The Kier molecular flexibility index (Phi) is 3.96. The van der Waals surface area contributed by atoms with Crippen LogP contribution in [0.1, 0.15) is 11.3 Å². The molecule has 0 fully saturated rings. The molecular formula is C12H12N4O2S. The van der Waals surface area contributed by atoms with Crippen LogP contribution in [-0.2, 0) is 5.75 Å². The minimum Gasteiger partial charge on any atom is -0.384 e. The van der Waals surface area contributed by atoms with Gasteiger partial charge in [0.05, 0.1) is 4.92 Å². The summed E-state index contributed by atoms with van der Waals surface area (Å²) in [7, 11) is 0. The van der Waals surface area contributed by atoms with Crippen molar-refractivity contribution in [3.8, 4) is 0 Å². The van der Waals surface area contributed by atoms with Gasteiger partial charge < -0.3 is 5.73 Å². The van der Waals surface area contributed by atoms with Gasteiger partial charge >= 0.3 is 0 Å². The van der Waals surface area contributed by atoms with E-state index in [9.17, 15) is 10.1 Å². The van der Waals surface area contributed by atoms with Gasteiger partial charge in [0.1, 0.15) is 5.82 Å². The number of rotatable bonds is 4. The van der Waals surface area contributed by atoms with Crippen LogP contribution < -0.4 is 5.73 Å². The number of nitro groups is 1. The molecule has 0 aliphatic rings. The fourth-order valence-electron chi connectivity index (χ4n) is 1.49. The quantitative estimate of drug-likeness (QED) is 0.399. The van der Waals surface area contributed by atoms with Crippen LogP contribution in [0.5, 0.6) is 0 Å². The number of aryl methyl sites for hydroxylation is 1. The predicted octanol–water partition coefficient (Wildman–Crippen LogP) is 2.57. The summed E-state index contributed by atoms with van der Waals surface area (Å²) in [6.07, 6.45) is 0. The Labute approximate surface area is 114 Å². The maximum absolute atomic E-state index is 10.5. The van der Waals surface area contributed by atoms with Crippen LogP contribution in [0.15, 0.2) is 35.5 Å². The maximum atomic E-state index is 10.5. The molecule has 98 valence electrons. The Morgan fingerprint density at radius 1 is 1.32 bits per heavy atom. The molecule has 0 bridgehead atoms. The van der Waals surface area contributed by atoms with Crippen molar-refractivity contribution in [3.63, 3.8) is 0 Å². The first-order valence-corrected chi connectivity index (χ1v) is 6.50. The summed E-state index contributed by atoms with van der Waals surface area (Å²) in [6.45, 7) is 1.86. The molecule has 2 rings (SSSR count). The standard InChI is InChI=1S/C12H12N4O2S/c1-8-6-11(13)15-12(14-8)19-7-9-2-4-10(5-3-9)16(17)18/h2-6H,7H2,1H3,(H2,13,14,15). The highest BCUT2D eigenvalue weighted by atomic mass is 32.2. The van der Waals surface area contributed by atoms with Crippen molar-refractivity contribution in [2.24, 2.45) is 0 Å². The molecule has 2 N–H and O–H groups in total. The van der Waals surface area contributed by atoms with Crippen molar-refractivity contribution >= 4 is 23.3 Å². The number of nitrogens with zero attached hydrogens (tertiary/aromatic N) is 3. The SMILES string of the molecule is Cc1cc(N)nc(SCc2ccc([N+](=O)[O-])cc2)n1. The van der Waals surface area contributed by atoms with Crippen molar-refractivity contribution in [1.82, 2.24) is 9.97 Å². The first-order valence-electron chi connectivity index (χ1n) is 5.52. The number of hydrogen-bond donors (Lipinski definition) is 1. The van der Waals surface area contributed by atoms with Crippen molar-refractivity contribution in [1.29, 1.82) is 0 Å². The number of nitrogens with two attached hydrogens (primary N) is 1. The summed E-state index contributed by atoms with van der Waals surface area (Å²) in [6, 6.07) is 8.13. The van der Waals surface area contributed by atoms with Gasteiger partial charge in [-0.3, -0.25) is 10.1 Å². The van der Waals surface area contributed by atoms with Crippen LogP contribution in [0.25, 0.3) is 0 Å². The Hall–Kier alpha value is -2.15. The smallest absolute Gasteiger partial charge is 0.269 e. The molecule has 2 aromatic rings. The monoisotopic (exact) mass is 276 g/mol. The molecule has 0 unspecified atom stereocenters. The Balaban J connectivity index is 2.03. The number of aromatic nitrogens is 2. The van der Waals surface area contributed by atoms with Crippen molar-refractivity contribution < 1.29 is 4.92 Å². The maximum Gasteiger partial charge on any atom is 0.269 e. The second kappa shape index (κ2) is 5.66. The number of benzene rings is 1. The molecule has 0 aliphatic heterocycles. The van der Waals surface area contributed by atoms with Gasteiger partial charge in [0.2, 0.25) is 0 Å². The van der Waals surface area contributed by atoms with Crippen molar-refractivity contribution in [2.75, 3.05) is 5.73 Å². The van der Waals surface area contributed by atoms with E-state index < -0.39 is 4.92 Å². The molecule has 1 heterocycles. The second-order valence-corrected chi connectivity index (χ2v) is 4.87. The molecule has 1 aromatic carbocycles. The third-order valence-corrected chi connectivity index (χ3v) is 3.29. The van der Waals surface area contributed by atoms with E-state index in [1.807, 2.05) is 6.92 Å². The Morgan fingerprint density at radius 2 is 2.00 bits per heavy atom. The first kappa shape index (κ1) is 13.3. The predicted molar refractivity (Wildman–Crippen MR) is 73.8 cm³/mol. The fourth-order valence-corrected chi connectivity index (χ4v) is 2.36. The highest BCUT2D eigenvalue weighted by Gasteiger charge is 2.05. The average Bonchev–Trinajstić information content (AvgIpc) is 2.36. The Morgan fingerprint density at radius 3 is 2.58 bits per heavy atom. The number of nitrogen functional groups attached to an aromatic ring is 1. The first-order chi connectivity index (χ1) is 9.04. The zero-order valence-corrected chi connectivity index (χ0v) is 11.1. The molecular weight excluding hydrogens is 264 g/mol. The van der Waals surface area contributed by atoms with Crippen LogP contribution in [0.2, 0.25) is 0 Å². The Bertz CT molecular complexity index is 581. The molecule has 0 atom stereocenters. The van der Waals surface area contributed by atoms with Crippen LogP contribution >= 0.6 is 11.8 Å². The molecule has 0 spiro atoms. The number of anilines is 1. The molecule has 7 heteroatoms. The van der Waals surface area contributed by atoms with E-state index in [1.165, 1.54) is 23.9 Å². The van der Waals surface area contributed by atoms with Gasteiger partial charge in [0, 0.05) is 29.6 Å². The van der Waals surface area contributed by atoms with E-state index in [4.69, 9.17) is 5.73 Å². The second-order valence-electron chi connectivity index (χ2n) is 3.93. The van der Waals surface area contributed by atoms with Gasteiger partial charge in [0.15, 0.2) is 5.16 Å². The van der Waals surface area contributed by atoms with Crippen molar-refractivity contribution in [2.45, 2.75) is 17.8 Å². The third kappa shape index (κ3) is 3.65. The molecule has 6 nitrogen and oxygen atoms in total. The highest BCUT2D eigenvalue weighted by Crippen LogP contribution is 2.22. The summed E-state index contributed by atoms with van der Waals surface area (Å²) in [5.41, 5.74) is 7.52. The van der Waals surface area contributed by atoms with Gasteiger partial charge in [-0.25, -0.2) is 9.97 Å². The summed E-state index contributed by atoms with van der Waals surface area (Å²) < 4.78 is 0. The van der Waals surface area contributed by atoms with E-state index in [0.29, 0.717) is 16.7 Å². The lowest BCUT2D eigenvalue weighted by Crippen LogP contribution is -1.96. The van der Waals surface area contributed by atoms with Crippen LogP contribution in [0.3, 0.4) is 0 Å².